The summed E-state index contributed by atoms with van der Waals surface area (Å²) in [7, 11) is 3.40. The van der Waals surface area contributed by atoms with Crippen molar-refractivity contribution in [1.82, 2.24) is 15.3 Å². The molecule has 7 heteroatoms. The summed E-state index contributed by atoms with van der Waals surface area (Å²) in [5, 5.41) is 3.00. The van der Waals surface area contributed by atoms with E-state index in [0.717, 1.165) is 0 Å². The van der Waals surface area contributed by atoms with Gasteiger partial charge in [0.05, 0.1) is 12.1 Å². The van der Waals surface area contributed by atoms with Crippen molar-refractivity contribution in [2.75, 3.05) is 31.3 Å². The molecule has 0 aliphatic heterocycles. The summed E-state index contributed by atoms with van der Waals surface area (Å²) in [6, 6.07) is 0. The van der Waals surface area contributed by atoms with Crippen LogP contribution in [0.3, 0.4) is 0 Å². The Bertz CT molecular complexity index is 412. The van der Waals surface area contributed by atoms with Gasteiger partial charge in [0.15, 0.2) is 5.82 Å². The average molecular weight is 258 g/mol. The van der Waals surface area contributed by atoms with Gasteiger partial charge in [0, 0.05) is 20.6 Å². The van der Waals surface area contributed by atoms with E-state index in [0.29, 0.717) is 17.4 Å². The molecule has 0 spiro atoms. The Labute approximate surface area is 105 Å². The monoisotopic (exact) mass is 257 g/mol. The number of anilines is 2. The van der Waals surface area contributed by atoms with Crippen LogP contribution in [0.15, 0.2) is 6.20 Å². The van der Waals surface area contributed by atoms with Crippen molar-refractivity contribution in [3.8, 4) is 0 Å². The van der Waals surface area contributed by atoms with Gasteiger partial charge in [-0.05, 0) is 0 Å². The molecule has 1 rings (SSSR count). The molecule has 0 aliphatic rings. The summed E-state index contributed by atoms with van der Waals surface area (Å²) in [5.74, 6) is 0.478. The fourth-order valence-electron chi connectivity index (χ4n) is 1.47. The van der Waals surface area contributed by atoms with Crippen LogP contribution in [0.2, 0.25) is 5.02 Å². The molecular formula is C10H16ClN5O. The van der Waals surface area contributed by atoms with E-state index >= 15 is 0 Å². The van der Waals surface area contributed by atoms with Crippen molar-refractivity contribution < 1.29 is 4.79 Å². The van der Waals surface area contributed by atoms with Crippen molar-refractivity contribution in [1.29, 1.82) is 0 Å². The molecular weight excluding hydrogens is 242 g/mol. The fourth-order valence-corrected chi connectivity index (χ4v) is 1.70. The lowest BCUT2D eigenvalue weighted by Gasteiger charge is -2.22. The van der Waals surface area contributed by atoms with Crippen LogP contribution in [0.25, 0.3) is 0 Å². The fraction of sp³-hybridized carbons (Fsp3) is 0.500. The third-order valence-corrected chi connectivity index (χ3v) is 2.61. The molecule has 0 saturated heterocycles. The van der Waals surface area contributed by atoms with E-state index < -0.39 is 0 Å². The van der Waals surface area contributed by atoms with Crippen LogP contribution in [0, 0.1) is 5.92 Å². The van der Waals surface area contributed by atoms with Gasteiger partial charge in [-0.15, -0.1) is 0 Å². The van der Waals surface area contributed by atoms with Crippen LogP contribution in [0.5, 0.6) is 0 Å². The van der Waals surface area contributed by atoms with Crippen molar-refractivity contribution in [2.24, 2.45) is 5.92 Å². The van der Waals surface area contributed by atoms with Crippen LogP contribution in [-0.2, 0) is 4.79 Å². The second-order valence-electron chi connectivity index (χ2n) is 3.80. The molecule has 17 heavy (non-hydrogen) atoms. The molecule has 1 heterocycles. The minimum Gasteiger partial charge on any atom is -0.368 e. The third-order valence-electron chi connectivity index (χ3n) is 2.35. The van der Waals surface area contributed by atoms with Gasteiger partial charge in [-0.2, -0.15) is 4.98 Å². The molecule has 0 bridgehead atoms. The summed E-state index contributed by atoms with van der Waals surface area (Å²) < 4.78 is 0. The lowest BCUT2D eigenvalue weighted by atomic mass is 10.1. The number of amides is 1. The van der Waals surface area contributed by atoms with E-state index in [1.54, 1.807) is 19.0 Å². The van der Waals surface area contributed by atoms with Gasteiger partial charge in [0.2, 0.25) is 11.9 Å². The number of nitrogens with two attached hydrogens (primary N) is 1. The number of hydrogen-bond donors (Lipinski definition) is 2. The van der Waals surface area contributed by atoms with E-state index in [1.165, 1.54) is 6.20 Å². The minimum absolute atomic E-state index is 0.0324. The first-order chi connectivity index (χ1) is 7.95. The number of halogens is 1. The van der Waals surface area contributed by atoms with Crippen molar-refractivity contribution in [3.63, 3.8) is 0 Å². The summed E-state index contributed by atoms with van der Waals surface area (Å²) in [6.07, 6.45) is 1.44. The zero-order chi connectivity index (χ0) is 13.0. The quantitative estimate of drug-likeness (QED) is 0.822. The van der Waals surface area contributed by atoms with Gasteiger partial charge in [-0.25, -0.2) is 4.98 Å². The van der Waals surface area contributed by atoms with Crippen LogP contribution in [0.4, 0.5) is 11.8 Å². The summed E-state index contributed by atoms with van der Waals surface area (Å²) in [4.78, 5) is 21.0. The topological polar surface area (TPSA) is 84.1 Å². The number of rotatable bonds is 4. The van der Waals surface area contributed by atoms with Crippen LogP contribution in [0.1, 0.15) is 6.92 Å². The Morgan fingerprint density at radius 2 is 2.35 bits per heavy atom. The number of aromatic nitrogens is 2. The summed E-state index contributed by atoms with van der Waals surface area (Å²) in [5.41, 5.74) is 5.50. The lowest BCUT2D eigenvalue weighted by molar-refractivity contribution is -0.123. The zero-order valence-electron chi connectivity index (χ0n) is 10.1. The second-order valence-corrected chi connectivity index (χ2v) is 4.20. The third kappa shape index (κ3) is 3.45. The first kappa shape index (κ1) is 13.5. The first-order valence-electron chi connectivity index (χ1n) is 5.16. The average Bonchev–Trinajstić information content (AvgIpc) is 2.30. The van der Waals surface area contributed by atoms with E-state index in [-0.39, 0.29) is 17.8 Å². The maximum Gasteiger partial charge on any atom is 0.224 e. The second kappa shape index (κ2) is 5.67. The minimum atomic E-state index is -0.169. The van der Waals surface area contributed by atoms with Gasteiger partial charge in [-0.1, -0.05) is 18.5 Å². The first-order valence-corrected chi connectivity index (χ1v) is 5.54. The van der Waals surface area contributed by atoms with Gasteiger partial charge in [0.1, 0.15) is 5.02 Å². The zero-order valence-corrected chi connectivity index (χ0v) is 10.8. The van der Waals surface area contributed by atoms with E-state index in [1.807, 2.05) is 6.92 Å². The molecule has 0 fully saturated rings. The largest absolute Gasteiger partial charge is 0.368 e. The molecule has 1 aromatic heterocycles. The molecule has 6 nitrogen and oxygen atoms in total. The highest BCUT2D eigenvalue weighted by Crippen LogP contribution is 2.22. The van der Waals surface area contributed by atoms with Gasteiger partial charge in [-0.3, -0.25) is 4.79 Å². The molecule has 1 unspecified atom stereocenters. The van der Waals surface area contributed by atoms with Crippen LogP contribution < -0.4 is 16.0 Å². The Hall–Kier alpha value is -1.56. The molecule has 3 N–H and O–H groups in total. The number of carbonyl (C=O) groups excluding carboxylic acids is 1. The Balaban J connectivity index is 2.79. The van der Waals surface area contributed by atoms with Crippen molar-refractivity contribution in [3.05, 3.63) is 11.2 Å². The lowest BCUT2D eigenvalue weighted by Crippen LogP contribution is -2.34. The van der Waals surface area contributed by atoms with Gasteiger partial charge >= 0.3 is 0 Å². The Kier molecular flexibility index (Phi) is 4.51. The van der Waals surface area contributed by atoms with E-state index in [2.05, 4.69) is 15.3 Å². The molecule has 1 amide bonds. The van der Waals surface area contributed by atoms with Crippen molar-refractivity contribution in [2.45, 2.75) is 6.92 Å². The van der Waals surface area contributed by atoms with Crippen LogP contribution >= 0.6 is 11.6 Å². The molecule has 1 aromatic rings. The Morgan fingerprint density at radius 3 is 2.94 bits per heavy atom. The highest BCUT2D eigenvalue weighted by Gasteiger charge is 2.16. The maximum atomic E-state index is 11.4. The molecule has 0 aliphatic carbocycles. The maximum absolute atomic E-state index is 11.4. The summed E-state index contributed by atoms with van der Waals surface area (Å²) in [6.45, 7) is 2.32. The van der Waals surface area contributed by atoms with E-state index in [4.69, 9.17) is 17.3 Å². The number of carbonyl (C=O) groups is 1. The number of hydrogen-bond acceptors (Lipinski definition) is 5. The standard InChI is InChI=1S/C10H16ClN5O/c1-6(9(17)13-2)5-16(3)8-7(11)4-14-10(12)15-8/h4,6H,5H2,1-3H3,(H,13,17)(H2,12,14,15). The predicted octanol–water partition coefficient (Wildman–Crippen LogP) is 0.531. The van der Waals surface area contributed by atoms with Crippen molar-refractivity contribution >= 4 is 29.3 Å². The number of nitrogens with zero attached hydrogens (tertiary/aromatic N) is 3. The highest BCUT2D eigenvalue weighted by molar-refractivity contribution is 6.32. The molecule has 0 radical (unpaired) electrons. The smallest absolute Gasteiger partial charge is 0.224 e. The normalized spacial score (nSPS) is 12.0. The van der Waals surface area contributed by atoms with Gasteiger partial charge in [0.25, 0.3) is 0 Å². The van der Waals surface area contributed by atoms with Crippen LogP contribution in [-0.4, -0.2) is 36.5 Å². The molecule has 0 aromatic carbocycles. The van der Waals surface area contributed by atoms with E-state index in [9.17, 15) is 4.79 Å². The molecule has 0 saturated carbocycles. The highest BCUT2D eigenvalue weighted by atomic mass is 35.5. The Morgan fingerprint density at radius 1 is 1.71 bits per heavy atom. The van der Waals surface area contributed by atoms with Gasteiger partial charge < -0.3 is 16.0 Å². The SMILES string of the molecule is CNC(=O)C(C)CN(C)c1nc(N)ncc1Cl. The molecule has 94 valence electrons. The number of nitrogens with one attached hydrogen (secondary N) is 1. The summed E-state index contributed by atoms with van der Waals surface area (Å²) >= 11 is 5.97. The number of nitrogen functional groups attached to an aromatic ring is 1. The predicted molar refractivity (Wildman–Crippen MR) is 68.0 cm³/mol. The molecule has 1 atom stereocenters.